The number of rotatable bonds is 9. The number of hydrogen-bond donors (Lipinski definition) is 1. The van der Waals surface area contributed by atoms with Gasteiger partial charge in [-0.2, -0.15) is 0 Å². The average Bonchev–Trinajstić information content (AvgIpc) is 2.49. The van der Waals surface area contributed by atoms with Crippen LogP contribution >= 0.6 is 0 Å². The highest BCUT2D eigenvalue weighted by Gasteiger charge is 2.17. The quantitative estimate of drug-likeness (QED) is 0.542. The number of nitrogens with two attached hydrogens (primary N) is 1. The van der Waals surface area contributed by atoms with Crippen LogP contribution in [0.25, 0.3) is 0 Å². The van der Waals surface area contributed by atoms with E-state index in [1.807, 2.05) is 13.8 Å². The first-order valence-electron chi connectivity index (χ1n) is 8.91. The molecule has 1 atom stereocenters. The number of esters is 1. The maximum absolute atomic E-state index is 11.8. The van der Waals surface area contributed by atoms with Crippen LogP contribution in [-0.2, 0) is 9.53 Å². The number of hydrogen-bond acceptors (Lipinski definition) is 4. The van der Waals surface area contributed by atoms with Crippen LogP contribution in [0.2, 0.25) is 0 Å². The molecule has 4 nitrogen and oxygen atoms in total. The molecule has 4 heteroatoms. The molecule has 0 unspecified atom stereocenters. The molecule has 0 aliphatic carbocycles. The van der Waals surface area contributed by atoms with Gasteiger partial charge in [0.15, 0.2) is 0 Å². The lowest BCUT2D eigenvalue weighted by atomic mass is 9.94. The normalized spacial score (nSPS) is 12.8. The second-order valence-corrected chi connectivity index (χ2v) is 7.33. The number of para-hydroxylation sites is 1. The van der Waals surface area contributed by atoms with Crippen LogP contribution in [0, 0.1) is 5.92 Å². The zero-order valence-electron chi connectivity index (χ0n) is 16.0. The van der Waals surface area contributed by atoms with Crippen LogP contribution in [0.1, 0.15) is 70.9 Å². The fraction of sp³-hybridized carbons (Fsp3) is 0.650. The van der Waals surface area contributed by atoms with Crippen LogP contribution in [0.4, 0.5) is 0 Å². The van der Waals surface area contributed by atoms with E-state index in [0.29, 0.717) is 30.8 Å². The van der Waals surface area contributed by atoms with Crippen molar-refractivity contribution in [3.8, 4) is 5.75 Å². The third kappa shape index (κ3) is 6.16. The van der Waals surface area contributed by atoms with Crippen LogP contribution in [-0.4, -0.2) is 25.2 Å². The van der Waals surface area contributed by atoms with Gasteiger partial charge in [-0.3, -0.25) is 4.79 Å². The van der Waals surface area contributed by atoms with E-state index >= 15 is 0 Å². The molecular weight excluding hydrogens is 302 g/mol. The minimum absolute atomic E-state index is 0.217. The van der Waals surface area contributed by atoms with E-state index in [1.165, 1.54) is 11.1 Å². The molecule has 1 aromatic rings. The summed E-state index contributed by atoms with van der Waals surface area (Å²) < 4.78 is 11.2. The van der Waals surface area contributed by atoms with Gasteiger partial charge in [0.05, 0.1) is 0 Å². The molecule has 1 rings (SSSR count). The molecule has 0 bridgehead atoms. The Bertz CT molecular complexity index is 497. The molecule has 2 N–H and O–H groups in total. The van der Waals surface area contributed by atoms with Gasteiger partial charge in [0.2, 0.25) is 0 Å². The zero-order chi connectivity index (χ0) is 18.3. The first-order valence-corrected chi connectivity index (χ1v) is 8.91. The predicted molar refractivity (Wildman–Crippen MR) is 98.5 cm³/mol. The van der Waals surface area contributed by atoms with E-state index in [9.17, 15) is 4.79 Å². The van der Waals surface area contributed by atoms with Crippen molar-refractivity contribution in [2.45, 2.75) is 65.8 Å². The zero-order valence-corrected chi connectivity index (χ0v) is 16.0. The van der Waals surface area contributed by atoms with E-state index in [4.69, 9.17) is 15.2 Å². The van der Waals surface area contributed by atoms with Crippen molar-refractivity contribution in [1.82, 2.24) is 0 Å². The highest BCUT2D eigenvalue weighted by Crippen LogP contribution is 2.34. The van der Waals surface area contributed by atoms with Crippen molar-refractivity contribution in [2.24, 2.45) is 11.7 Å². The lowest BCUT2D eigenvalue weighted by molar-refractivity contribution is -0.146. The van der Waals surface area contributed by atoms with Gasteiger partial charge < -0.3 is 15.2 Å². The Kier molecular flexibility index (Phi) is 8.26. The fourth-order valence-electron chi connectivity index (χ4n) is 2.65. The largest absolute Gasteiger partial charge is 0.489 e. The van der Waals surface area contributed by atoms with Gasteiger partial charge in [-0.05, 0) is 35.3 Å². The van der Waals surface area contributed by atoms with Gasteiger partial charge in [0.1, 0.15) is 25.0 Å². The van der Waals surface area contributed by atoms with E-state index in [-0.39, 0.29) is 12.6 Å². The molecule has 136 valence electrons. The number of ether oxygens (including phenoxy) is 2. The van der Waals surface area contributed by atoms with Crippen molar-refractivity contribution >= 4 is 5.97 Å². The summed E-state index contributed by atoms with van der Waals surface area (Å²) in [7, 11) is 0. The maximum atomic E-state index is 11.8. The molecule has 24 heavy (non-hydrogen) atoms. The predicted octanol–water partition coefficient (Wildman–Crippen LogP) is 4.23. The summed E-state index contributed by atoms with van der Waals surface area (Å²) in [6.45, 7) is 13.2. The van der Waals surface area contributed by atoms with Gasteiger partial charge in [0, 0.05) is 0 Å². The van der Waals surface area contributed by atoms with E-state index < -0.39 is 6.04 Å². The lowest BCUT2D eigenvalue weighted by Crippen LogP contribution is -2.34. The van der Waals surface area contributed by atoms with Crippen LogP contribution in [0.3, 0.4) is 0 Å². The summed E-state index contributed by atoms with van der Waals surface area (Å²) in [6, 6.07) is 5.70. The standard InChI is InChI=1S/C20H33NO3/c1-13(2)12-18(21)20(22)24-11-10-23-19-16(14(3)4)8-7-9-17(19)15(5)6/h7-9,13-15,18H,10-12,21H2,1-6H3/t18-/m0/s1. The summed E-state index contributed by atoms with van der Waals surface area (Å²) in [4.78, 5) is 11.8. The SMILES string of the molecule is CC(C)C[C@H](N)C(=O)OCCOc1c(C(C)C)cccc1C(C)C. The van der Waals surface area contributed by atoms with Crippen molar-refractivity contribution in [3.05, 3.63) is 29.3 Å². The second-order valence-electron chi connectivity index (χ2n) is 7.33. The maximum Gasteiger partial charge on any atom is 0.323 e. The Morgan fingerprint density at radius 3 is 2.00 bits per heavy atom. The Labute approximate surface area is 146 Å². The molecule has 0 amide bonds. The Morgan fingerprint density at radius 2 is 1.54 bits per heavy atom. The first-order chi connectivity index (χ1) is 11.2. The number of carbonyl (C=O) groups excluding carboxylic acids is 1. The summed E-state index contributed by atoms with van der Waals surface area (Å²) in [5, 5.41) is 0. The molecule has 0 saturated carbocycles. The molecule has 0 spiro atoms. The molecule has 0 heterocycles. The molecule has 0 fully saturated rings. The Morgan fingerprint density at radius 1 is 1.00 bits per heavy atom. The fourth-order valence-corrected chi connectivity index (χ4v) is 2.65. The summed E-state index contributed by atoms with van der Waals surface area (Å²) in [6.07, 6.45) is 0.632. The van der Waals surface area contributed by atoms with Gasteiger partial charge in [0.25, 0.3) is 0 Å². The van der Waals surface area contributed by atoms with Gasteiger partial charge in [-0.1, -0.05) is 59.7 Å². The van der Waals surface area contributed by atoms with E-state index in [2.05, 4.69) is 45.9 Å². The van der Waals surface area contributed by atoms with Crippen molar-refractivity contribution in [2.75, 3.05) is 13.2 Å². The number of benzene rings is 1. The van der Waals surface area contributed by atoms with Crippen molar-refractivity contribution < 1.29 is 14.3 Å². The molecule has 0 aromatic heterocycles. The second kappa shape index (κ2) is 9.67. The van der Waals surface area contributed by atoms with Gasteiger partial charge in [-0.25, -0.2) is 0 Å². The molecule has 0 aliphatic heterocycles. The minimum atomic E-state index is -0.556. The molecular formula is C20H33NO3. The first kappa shape index (κ1) is 20.5. The van der Waals surface area contributed by atoms with Crippen LogP contribution in [0.5, 0.6) is 5.75 Å². The topological polar surface area (TPSA) is 61.6 Å². The summed E-state index contributed by atoms with van der Waals surface area (Å²) in [5.41, 5.74) is 8.19. The van der Waals surface area contributed by atoms with Gasteiger partial charge >= 0.3 is 5.97 Å². The van der Waals surface area contributed by atoms with Crippen LogP contribution < -0.4 is 10.5 Å². The van der Waals surface area contributed by atoms with E-state index in [0.717, 1.165) is 5.75 Å². The average molecular weight is 335 g/mol. The summed E-state index contributed by atoms with van der Waals surface area (Å²) in [5.74, 6) is 1.69. The van der Waals surface area contributed by atoms with E-state index in [1.54, 1.807) is 0 Å². The van der Waals surface area contributed by atoms with Crippen molar-refractivity contribution in [1.29, 1.82) is 0 Å². The van der Waals surface area contributed by atoms with Crippen LogP contribution in [0.15, 0.2) is 18.2 Å². The molecule has 1 aromatic carbocycles. The minimum Gasteiger partial charge on any atom is -0.489 e. The molecule has 0 radical (unpaired) electrons. The van der Waals surface area contributed by atoms with Gasteiger partial charge in [-0.15, -0.1) is 0 Å². The van der Waals surface area contributed by atoms with Crippen molar-refractivity contribution in [3.63, 3.8) is 0 Å². The smallest absolute Gasteiger partial charge is 0.323 e. The third-order valence-electron chi connectivity index (χ3n) is 3.92. The summed E-state index contributed by atoms with van der Waals surface area (Å²) >= 11 is 0. The monoisotopic (exact) mass is 335 g/mol. The Hall–Kier alpha value is -1.55. The number of carbonyl (C=O) groups is 1. The third-order valence-corrected chi connectivity index (χ3v) is 3.92. The highest BCUT2D eigenvalue weighted by molar-refractivity contribution is 5.75. The molecule has 0 aliphatic rings. The lowest BCUT2D eigenvalue weighted by Gasteiger charge is -2.20. The highest BCUT2D eigenvalue weighted by atomic mass is 16.6. The Balaban J connectivity index is 2.63. The molecule has 0 saturated heterocycles.